The number of hydrogen-bond acceptors (Lipinski definition) is 4. The number of sulfonamides is 1. The molecule has 0 radical (unpaired) electrons. The summed E-state index contributed by atoms with van der Waals surface area (Å²) in [5.74, 6) is -0.143. The molecule has 0 aliphatic rings. The van der Waals surface area contributed by atoms with Gasteiger partial charge in [-0.3, -0.25) is 4.79 Å². The van der Waals surface area contributed by atoms with Gasteiger partial charge in [0.2, 0.25) is 10.0 Å². The van der Waals surface area contributed by atoms with E-state index >= 15 is 0 Å². The van der Waals surface area contributed by atoms with Gasteiger partial charge in [0.15, 0.2) is 0 Å². The van der Waals surface area contributed by atoms with Gasteiger partial charge in [-0.2, -0.15) is 4.31 Å². The third-order valence-electron chi connectivity index (χ3n) is 3.72. The second-order valence-electron chi connectivity index (χ2n) is 5.71. The summed E-state index contributed by atoms with van der Waals surface area (Å²) in [5.41, 5.74) is 1.09. The molecule has 6 nitrogen and oxygen atoms in total. The average Bonchev–Trinajstić information content (AvgIpc) is 2.61. The van der Waals surface area contributed by atoms with E-state index in [0.29, 0.717) is 16.9 Å². The van der Waals surface area contributed by atoms with Crippen molar-refractivity contribution in [2.75, 3.05) is 26.5 Å². The summed E-state index contributed by atoms with van der Waals surface area (Å²) in [5, 5.41) is 2.69. The number of nitrogens with zero attached hydrogens (tertiary/aromatic N) is 1. The number of benzene rings is 2. The fourth-order valence-corrected chi connectivity index (χ4v) is 3.12. The van der Waals surface area contributed by atoms with Crippen molar-refractivity contribution in [3.8, 4) is 5.75 Å². The Morgan fingerprint density at radius 1 is 1.19 bits per heavy atom. The molecule has 0 aliphatic carbocycles. The van der Waals surface area contributed by atoms with Gasteiger partial charge in [0, 0.05) is 25.2 Å². The number of amides is 1. The number of ether oxygens (including phenoxy) is 1. The van der Waals surface area contributed by atoms with Gasteiger partial charge in [-0.15, -0.1) is 0 Å². The molecule has 26 heavy (non-hydrogen) atoms. The molecule has 2 rings (SSSR count). The standard InChI is InChI=1S/C18H21FN2O4S/c1-25-17-5-3-4-15(12-17)18(22)20-10-11-21(26(2,23)24)13-14-6-8-16(19)9-7-14/h3-9,12H,10-11,13H2,1-2H3,(H,20,22). The molecule has 2 aromatic rings. The highest BCUT2D eigenvalue weighted by atomic mass is 32.2. The van der Waals surface area contributed by atoms with E-state index in [1.165, 1.54) is 35.7 Å². The zero-order valence-electron chi connectivity index (χ0n) is 14.6. The van der Waals surface area contributed by atoms with Crippen LogP contribution in [0.4, 0.5) is 4.39 Å². The second kappa shape index (κ2) is 8.77. The van der Waals surface area contributed by atoms with Crippen molar-refractivity contribution in [2.24, 2.45) is 0 Å². The average molecular weight is 380 g/mol. The topological polar surface area (TPSA) is 75.7 Å². The van der Waals surface area contributed by atoms with E-state index in [4.69, 9.17) is 4.74 Å². The van der Waals surface area contributed by atoms with Gasteiger partial charge in [0.1, 0.15) is 11.6 Å². The minimum Gasteiger partial charge on any atom is -0.497 e. The minimum atomic E-state index is -3.48. The number of carbonyl (C=O) groups is 1. The van der Waals surface area contributed by atoms with Crippen molar-refractivity contribution in [2.45, 2.75) is 6.54 Å². The van der Waals surface area contributed by atoms with Gasteiger partial charge in [0.05, 0.1) is 13.4 Å². The first-order valence-corrected chi connectivity index (χ1v) is 9.76. The zero-order valence-corrected chi connectivity index (χ0v) is 15.4. The van der Waals surface area contributed by atoms with E-state index in [-0.39, 0.29) is 31.4 Å². The number of methoxy groups -OCH3 is 1. The quantitative estimate of drug-likeness (QED) is 0.760. The summed E-state index contributed by atoms with van der Waals surface area (Å²) in [6.45, 7) is 0.352. The van der Waals surface area contributed by atoms with Crippen LogP contribution in [0.2, 0.25) is 0 Å². The highest BCUT2D eigenvalue weighted by Crippen LogP contribution is 2.12. The van der Waals surface area contributed by atoms with Crippen LogP contribution in [0.3, 0.4) is 0 Å². The van der Waals surface area contributed by atoms with Gasteiger partial charge in [-0.1, -0.05) is 18.2 Å². The molecule has 0 fully saturated rings. The van der Waals surface area contributed by atoms with Gasteiger partial charge < -0.3 is 10.1 Å². The fourth-order valence-electron chi connectivity index (χ4n) is 2.32. The summed E-state index contributed by atoms with van der Waals surface area (Å²) >= 11 is 0. The van der Waals surface area contributed by atoms with Gasteiger partial charge in [-0.25, -0.2) is 12.8 Å². The Hall–Kier alpha value is -2.45. The van der Waals surface area contributed by atoms with Crippen LogP contribution in [-0.4, -0.2) is 45.1 Å². The number of rotatable bonds is 8. The molecular formula is C18H21FN2O4S. The minimum absolute atomic E-state index is 0.103. The van der Waals surface area contributed by atoms with Crippen LogP contribution < -0.4 is 10.1 Å². The Kier molecular flexibility index (Phi) is 6.70. The summed E-state index contributed by atoms with van der Waals surface area (Å²) in [6.07, 6.45) is 1.10. The van der Waals surface area contributed by atoms with Crippen molar-refractivity contribution < 1.29 is 22.3 Å². The van der Waals surface area contributed by atoms with Crippen molar-refractivity contribution in [3.05, 3.63) is 65.5 Å². The molecule has 0 saturated heterocycles. The lowest BCUT2D eigenvalue weighted by Crippen LogP contribution is -2.37. The summed E-state index contributed by atoms with van der Waals surface area (Å²) < 4.78 is 43.2. The zero-order chi connectivity index (χ0) is 19.2. The Morgan fingerprint density at radius 3 is 2.50 bits per heavy atom. The van der Waals surface area contributed by atoms with Gasteiger partial charge >= 0.3 is 0 Å². The second-order valence-corrected chi connectivity index (χ2v) is 7.69. The fraction of sp³-hybridized carbons (Fsp3) is 0.278. The summed E-state index contributed by atoms with van der Waals surface area (Å²) in [7, 11) is -1.97. The van der Waals surface area contributed by atoms with E-state index in [1.54, 1.807) is 24.3 Å². The number of hydrogen-bond donors (Lipinski definition) is 1. The Bertz CT molecular complexity index is 854. The molecule has 8 heteroatoms. The van der Waals surface area contributed by atoms with Crippen LogP contribution >= 0.6 is 0 Å². The first-order valence-electron chi connectivity index (χ1n) is 7.91. The summed E-state index contributed by atoms with van der Waals surface area (Å²) in [6, 6.07) is 12.3. The molecule has 0 spiro atoms. The molecule has 0 aromatic heterocycles. The molecule has 0 saturated carbocycles. The molecule has 1 amide bonds. The molecule has 0 aliphatic heterocycles. The first-order chi connectivity index (χ1) is 12.3. The highest BCUT2D eigenvalue weighted by Gasteiger charge is 2.17. The normalized spacial score (nSPS) is 11.4. The SMILES string of the molecule is COc1cccc(C(=O)NCCN(Cc2ccc(F)cc2)S(C)(=O)=O)c1. The molecule has 140 valence electrons. The van der Waals surface area contributed by atoms with Crippen LogP contribution in [0.1, 0.15) is 15.9 Å². The van der Waals surface area contributed by atoms with Crippen LogP contribution in [-0.2, 0) is 16.6 Å². The lowest BCUT2D eigenvalue weighted by molar-refractivity contribution is 0.0951. The highest BCUT2D eigenvalue weighted by molar-refractivity contribution is 7.88. The molecule has 0 atom stereocenters. The van der Waals surface area contributed by atoms with Gasteiger partial charge in [-0.05, 0) is 35.9 Å². The maximum Gasteiger partial charge on any atom is 0.251 e. The molecule has 0 heterocycles. The van der Waals surface area contributed by atoms with E-state index in [2.05, 4.69) is 5.32 Å². The number of halogens is 1. The Labute approximate surface area is 152 Å². The van der Waals surface area contributed by atoms with Crippen LogP contribution in [0.15, 0.2) is 48.5 Å². The lowest BCUT2D eigenvalue weighted by atomic mass is 10.2. The first kappa shape index (κ1) is 19.9. The monoisotopic (exact) mass is 380 g/mol. The molecule has 0 bridgehead atoms. The lowest BCUT2D eigenvalue weighted by Gasteiger charge is -2.20. The maximum atomic E-state index is 13.0. The number of carbonyl (C=O) groups excluding carboxylic acids is 1. The molecule has 2 aromatic carbocycles. The van der Waals surface area contributed by atoms with Crippen LogP contribution in [0.25, 0.3) is 0 Å². The predicted molar refractivity (Wildman–Crippen MR) is 97.0 cm³/mol. The van der Waals surface area contributed by atoms with Crippen molar-refractivity contribution in [1.82, 2.24) is 9.62 Å². The Morgan fingerprint density at radius 2 is 1.88 bits per heavy atom. The largest absolute Gasteiger partial charge is 0.497 e. The third kappa shape index (κ3) is 5.82. The third-order valence-corrected chi connectivity index (χ3v) is 4.97. The van der Waals surface area contributed by atoms with Crippen LogP contribution in [0.5, 0.6) is 5.75 Å². The van der Waals surface area contributed by atoms with Crippen molar-refractivity contribution in [1.29, 1.82) is 0 Å². The van der Waals surface area contributed by atoms with Crippen molar-refractivity contribution >= 4 is 15.9 Å². The van der Waals surface area contributed by atoms with E-state index in [0.717, 1.165) is 6.26 Å². The van der Waals surface area contributed by atoms with Crippen molar-refractivity contribution in [3.63, 3.8) is 0 Å². The van der Waals surface area contributed by atoms with E-state index in [9.17, 15) is 17.6 Å². The van der Waals surface area contributed by atoms with E-state index < -0.39 is 10.0 Å². The maximum absolute atomic E-state index is 13.0. The number of nitrogens with one attached hydrogen (secondary N) is 1. The smallest absolute Gasteiger partial charge is 0.251 e. The van der Waals surface area contributed by atoms with E-state index in [1.807, 2.05) is 0 Å². The Balaban J connectivity index is 1.96. The predicted octanol–water partition coefficient (Wildman–Crippen LogP) is 2.03. The van der Waals surface area contributed by atoms with Gasteiger partial charge in [0.25, 0.3) is 5.91 Å². The molecular weight excluding hydrogens is 359 g/mol. The summed E-state index contributed by atoms with van der Waals surface area (Å²) in [4.78, 5) is 12.2. The molecule has 0 unspecified atom stereocenters. The molecule has 1 N–H and O–H groups in total. The van der Waals surface area contributed by atoms with Crippen LogP contribution in [0, 0.1) is 5.82 Å².